The highest BCUT2D eigenvalue weighted by molar-refractivity contribution is 5.90. The van der Waals surface area contributed by atoms with Gasteiger partial charge in [0, 0.05) is 24.7 Å². The summed E-state index contributed by atoms with van der Waals surface area (Å²) in [5.41, 5.74) is 2.35. The number of nitrogens with zero attached hydrogens (tertiary/aromatic N) is 5. The van der Waals surface area contributed by atoms with Crippen LogP contribution in [-0.4, -0.2) is 30.9 Å². The van der Waals surface area contributed by atoms with Crippen molar-refractivity contribution in [2.24, 2.45) is 7.05 Å². The van der Waals surface area contributed by atoms with Crippen molar-refractivity contribution in [2.45, 2.75) is 26.8 Å². The molecule has 9 nitrogen and oxygen atoms in total. The molecule has 3 aromatic rings. The van der Waals surface area contributed by atoms with Gasteiger partial charge in [-0.15, -0.1) is 0 Å². The van der Waals surface area contributed by atoms with Crippen molar-refractivity contribution in [2.75, 3.05) is 5.32 Å². The summed E-state index contributed by atoms with van der Waals surface area (Å²) in [5.74, 6) is 1.74. The Bertz CT molecular complexity index is 884. The maximum absolute atomic E-state index is 12.1. The standard InChI is InChI=1S/C16H19N7O2/c1-4-13-21-15(25-22-13)11-6-5-10(2)12(7-11)20-16(24)17-8-14-18-9-19-23(14)3/h5-7,9H,4,8H2,1-3H3,(H2,17,20,24). The van der Waals surface area contributed by atoms with Crippen LogP contribution in [0.25, 0.3) is 11.5 Å². The predicted molar refractivity (Wildman–Crippen MR) is 90.7 cm³/mol. The van der Waals surface area contributed by atoms with Gasteiger partial charge in [0.2, 0.25) is 0 Å². The average molecular weight is 341 g/mol. The van der Waals surface area contributed by atoms with Crippen molar-refractivity contribution in [1.82, 2.24) is 30.2 Å². The Morgan fingerprint density at radius 2 is 2.20 bits per heavy atom. The highest BCUT2D eigenvalue weighted by Gasteiger charge is 2.11. The van der Waals surface area contributed by atoms with E-state index in [9.17, 15) is 4.79 Å². The van der Waals surface area contributed by atoms with Crippen molar-refractivity contribution < 1.29 is 9.32 Å². The molecule has 130 valence electrons. The van der Waals surface area contributed by atoms with Crippen molar-refractivity contribution in [3.8, 4) is 11.5 Å². The molecule has 0 bridgehead atoms. The summed E-state index contributed by atoms with van der Waals surface area (Å²) in [6, 6.07) is 5.25. The minimum atomic E-state index is -0.331. The first-order valence-electron chi connectivity index (χ1n) is 7.88. The molecule has 0 spiro atoms. The van der Waals surface area contributed by atoms with Gasteiger partial charge in [-0.3, -0.25) is 4.68 Å². The van der Waals surface area contributed by atoms with Crippen LogP contribution in [0.1, 0.15) is 24.1 Å². The number of nitrogens with one attached hydrogen (secondary N) is 2. The zero-order valence-corrected chi connectivity index (χ0v) is 14.3. The Labute approximate surface area is 144 Å². The second-order valence-electron chi connectivity index (χ2n) is 5.51. The SMILES string of the molecule is CCc1noc(-c2ccc(C)c(NC(=O)NCc3ncnn3C)c2)n1. The van der Waals surface area contributed by atoms with Gasteiger partial charge in [-0.1, -0.05) is 18.1 Å². The number of urea groups is 1. The number of rotatable bonds is 5. The number of aromatic nitrogens is 5. The minimum absolute atomic E-state index is 0.282. The molecule has 0 aliphatic rings. The van der Waals surface area contributed by atoms with E-state index in [0.29, 0.717) is 29.6 Å². The van der Waals surface area contributed by atoms with Gasteiger partial charge in [0.05, 0.1) is 6.54 Å². The lowest BCUT2D eigenvalue weighted by Gasteiger charge is -2.10. The molecule has 9 heteroatoms. The van der Waals surface area contributed by atoms with Crippen molar-refractivity contribution in [1.29, 1.82) is 0 Å². The lowest BCUT2D eigenvalue weighted by molar-refractivity contribution is 0.251. The predicted octanol–water partition coefficient (Wildman–Crippen LogP) is 2.06. The fraction of sp³-hybridized carbons (Fsp3) is 0.312. The summed E-state index contributed by atoms with van der Waals surface area (Å²) in [5, 5.41) is 13.4. The molecule has 2 amide bonds. The molecule has 25 heavy (non-hydrogen) atoms. The Balaban J connectivity index is 1.70. The molecule has 1 aromatic carbocycles. The first-order chi connectivity index (χ1) is 12.1. The highest BCUT2D eigenvalue weighted by atomic mass is 16.5. The number of anilines is 1. The zero-order chi connectivity index (χ0) is 17.8. The first kappa shape index (κ1) is 16.6. The largest absolute Gasteiger partial charge is 0.334 e. The maximum Gasteiger partial charge on any atom is 0.319 e. The molecular weight excluding hydrogens is 322 g/mol. The van der Waals surface area contributed by atoms with E-state index in [1.165, 1.54) is 6.33 Å². The average Bonchev–Trinajstić information content (AvgIpc) is 3.24. The van der Waals surface area contributed by atoms with Gasteiger partial charge in [-0.25, -0.2) is 9.78 Å². The van der Waals surface area contributed by atoms with Crippen molar-refractivity contribution >= 4 is 11.7 Å². The van der Waals surface area contributed by atoms with Gasteiger partial charge < -0.3 is 15.2 Å². The Kier molecular flexibility index (Phi) is 4.73. The molecule has 0 aliphatic carbocycles. The van der Waals surface area contributed by atoms with E-state index in [1.54, 1.807) is 11.7 Å². The Morgan fingerprint density at radius 3 is 2.88 bits per heavy atom. The molecule has 0 unspecified atom stereocenters. The number of carbonyl (C=O) groups is 1. The second-order valence-corrected chi connectivity index (χ2v) is 5.51. The van der Waals surface area contributed by atoms with E-state index < -0.39 is 0 Å². The molecule has 2 aromatic heterocycles. The lowest BCUT2D eigenvalue weighted by Crippen LogP contribution is -2.29. The molecule has 0 saturated heterocycles. The van der Waals surface area contributed by atoms with Gasteiger partial charge >= 0.3 is 6.03 Å². The fourth-order valence-electron chi connectivity index (χ4n) is 2.21. The number of amides is 2. The Hall–Kier alpha value is -3.23. The molecular formula is C16H19N7O2. The van der Waals surface area contributed by atoms with E-state index in [4.69, 9.17) is 4.52 Å². The lowest BCUT2D eigenvalue weighted by atomic mass is 10.1. The van der Waals surface area contributed by atoms with Gasteiger partial charge in [0.15, 0.2) is 5.82 Å². The van der Waals surface area contributed by atoms with E-state index >= 15 is 0 Å². The molecule has 0 aliphatic heterocycles. The smallest absolute Gasteiger partial charge is 0.319 e. The molecule has 0 saturated carbocycles. The molecule has 0 radical (unpaired) electrons. The molecule has 0 atom stereocenters. The second kappa shape index (κ2) is 7.12. The van der Waals surface area contributed by atoms with E-state index in [1.807, 2.05) is 32.0 Å². The van der Waals surface area contributed by atoms with Gasteiger partial charge in [-0.2, -0.15) is 10.1 Å². The third-order valence-corrected chi connectivity index (χ3v) is 3.73. The third-order valence-electron chi connectivity index (χ3n) is 3.73. The van der Waals surface area contributed by atoms with Crippen LogP contribution >= 0.6 is 0 Å². The zero-order valence-electron chi connectivity index (χ0n) is 14.3. The van der Waals surface area contributed by atoms with Crippen LogP contribution in [0.4, 0.5) is 10.5 Å². The monoisotopic (exact) mass is 341 g/mol. The minimum Gasteiger partial charge on any atom is -0.334 e. The first-order valence-corrected chi connectivity index (χ1v) is 7.88. The number of benzene rings is 1. The topological polar surface area (TPSA) is 111 Å². The highest BCUT2D eigenvalue weighted by Crippen LogP contribution is 2.24. The van der Waals surface area contributed by atoms with Crippen molar-refractivity contribution in [3.63, 3.8) is 0 Å². The number of carbonyl (C=O) groups excluding carboxylic acids is 1. The van der Waals surface area contributed by atoms with Gasteiger partial charge in [-0.05, 0) is 24.6 Å². The van der Waals surface area contributed by atoms with Crippen LogP contribution in [0, 0.1) is 6.92 Å². The third kappa shape index (κ3) is 3.82. The molecule has 0 fully saturated rings. The summed E-state index contributed by atoms with van der Waals surface area (Å²) in [6.07, 6.45) is 2.14. The normalized spacial score (nSPS) is 10.7. The number of hydrogen-bond acceptors (Lipinski definition) is 6. The van der Waals surface area contributed by atoms with Crippen LogP contribution in [0.3, 0.4) is 0 Å². The van der Waals surface area contributed by atoms with Crippen molar-refractivity contribution in [3.05, 3.63) is 41.7 Å². The van der Waals surface area contributed by atoms with Crippen LogP contribution in [0.2, 0.25) is 0 Å². The van der Waals surface area contributed by atoms with Crippen LogP contribution in [0.15, 0.2) is 29.0 Å². The van der Waals surface area contributed by atoms with Gasteiger partial charge in [0.1, 0.15) is 12.2 Å². The number of aryl methyl sites for hydroxylation is 3. The quantitative estimate of drug-likeness (QED) is 0.735. The summed E-state index contributed by atoms with van der Waals surface area (Å²) < 4.78 is 6.85. The summed E-state index contributed by atoms with van der Waals surface area (Å²) >= 11 is 0. The van der Waals surface area contributed by atoms with E-state index in [2.05, 4.69) is 30.9 Å². The Morgan fingerprint density at radius 1 is 1.36 bits per heavy atom. The van der Waals surface area contributed by atoms with Gasteiger partial charge in [0.25, 0.3) is 5.89 Å². The molecule has 2 heterocycles. The summed E-state index contributed by atoms with van der Waals surface area (Å²) in [7, 11) is 1.77. The van der Waals surface area contributed by atoms with Crippen LogP contribution < -0.4 is 10.6 Å². The maximum atomic E-state index is 12.1. The summed E-state index contributed by atoms with van der Waals surface area (Å²) in [6.45, 7) is 4.15. The molecule has 3 rings (SSSR count). The van der Waals surface area contributed by atoms with Crippen LogP contribution in [-0.2, 0) is 20.0 Å². The number of hydrogen-bond donors (Lipinski definition) is 2. The van der Waals surface area contributed by atoms with E-state index in [0.717, 1.165) is 11.1 Å². The van der Waals surface area contributed by atoms with Crippen LogP contribution in [0.5, 0.6) is 0 Å². The summed E-state index contributed by atoms with van der Waals surface area (Å²) in [4.78, 5) is 20.5. The molecule has 2 N–H and O–H groups in total. The fourth-order valence-corrected chi connectivity index (χ4v) is 2.21. The van der Waals surface area contributed by atoms with E-state index in [-0.39, 0.29) is 12.6 Å².